The number of halogens is 11. The van der Waals surface area contributed by atoms with Crippen LogP contribution in [0.5, 0.6) is 0 Å². The van der Waals surface area contributed by atoms with Gasteiger partial charge in [-0.25, -0.2) is 19.2 Å². The number of hydrogen-bond donors (Lipinski definition) is 5. The Balaban J connectivity index is -0.000000124. The number of aliphatic hydroxyl groups is 1. The Hall–Kier alpha value is 0.624. The Bertz CT molecular complexity index is 2360. The third kappa shape index (κ3) is 92.4. The summed E-state index contributed by atoms with van der Waals surface area (Å²) >= 11 is 24.6. The van der Waals surface area contributed by atoms with Crippen LogP contribution in [0, 0.1) is 0 Å². The van der Waals surface area contributed by atoms with E-state index in [2.05, 4.69) is 296 Å². The number of alkyl halides is 6. The van der Waals surface area contributed by atoms with Gasteiger partial charge in [0.05, 0.1) is 1.93 Å². The average Bonchev–Trinajstić information content (AvgIpc) is 0.872. The number of nitrogens with zero attached hydrogens (tertiary/aromatic N) is 4. The number of urea groups is 4. The first-order valence-corrected chi connectivity index (χ1v) is 66.1. The van der Waals surface area contributed by atoms with E-state index in [-0.39, 0.29) is 47.8 Å². The summed E-state index contributed by atoms with van der Waals surface area (Å²) in [5, 5.41) is 17.0. The molecule has 4 saturated heterocycles. The van der Waals surface area contributed by atoms with Crippen molar-refractivity contribution in [2.24, 2.45) is 0 Å². The van der Waals surface area contributed by atoms with Crippen LogP contribution in [0.1, 0.15) is 240 Å². The molecule has 109 heavy (non-hydrogen) atoms. The van der Waals surface area contributed by atoms with Gasteiger partial charge in [-0.05, 0) is 85.1 Å². The van der Waals surface area contributed by atoms with Crippen LogP contribution in [0.4, 0.5) is 41.9 Å². The van der Waals surface area contributed by atoms with Crippen molar-refractivity contribution in [1.29, 1.82) is 0 Å². The van der Waals surface area contributed by atoms with E-state index in [9.17, 15) is 43.2 Å². The summed E-state index contributed by atoms with van der Waals surface area (Å²) in [6.07, 6.45) is 21.5. The zero-order valence-electron chi connectivity index (χ0n) is 68.0. The number of hydrogen-bond acceptors (Lipinski definition) is 10. The fourth-order valence-electron chi connectivity index (χ4n) is 6.66. The third-order valence-corrected chi connectivity index (χ3v) is 15.5. The van der Waals surface area contributed by atoms with Gasteiger partial charge in [0.25, 0.3) is 0 Å². The van der Waals surface area contributed by atoms with E-state index >= 15 is 0 Å². The van der Waals surface area contributed by atoms with Crippen LogP contribution < -0.4 is 54.1 Å². The summed E-state index contributed by atoms with van der Waals surface area (Å²) in [5.41, 5.74) is 3.27. The fraction of sp³-hybridized carbons (Fsp3) is 0.557. The molecule has 4 heterocycles. The predicted octanol–water partition coefficient (Wildman–Crippen LogP) is 24.7. The summed E-state index contributed by atoms with van der Waals surface area (Å²) in [6.45, 7) is 42.8. The van der Waals surface area contributed by atoms with Crippen LogP contribution >= 0.6 is 213 Å². The summed E-state index contributed by atoms with van der Waals surface area (Å²) in [6, 6.07) is 35.8. The van der Waals surface area contributed by atoms with E-state index in [0.29, 0.717) is 87.0 Å². The van der Waals surface area contributed by atoms with Crippen LogP contribution in [0.15, 0.2) is 134 Å². The minimum absolute atomic E-state index is 0.206. The van der Waals surface area contributed by atoms with Crippen molar-refractivity contribution >= 4 is 290 Å². The summed E-state index contributed by atoms with van der Waals surface area (Å²) in [4.78, 5) is 105. The van der Waals surface area contributed by atoms with Gasteiger partial charge in [-0.2, -0.15) is 0 Å². The second kappa shape index (κ2) is 105. The number of imide groups is 4. The number of unbranched alkanes of at least 4 members (excludes halogenated alkanes) is 4. The molecule has 0 aromatic heterocycles. The van der Waals surface area contributed by atoms with Gasteiger partial charge >= 0.3 is 124 Å². The minimum atomic E-state index is -0.340. The average molecular weight is 2800 g/mol. The van der Waals surface area contributed by atoms with Gasteiger partial charge in [-0.1, -0.05) is 390 Å². The van der Waals surface area contributed by atoms with Crippen LogP contribution in [0.3, 0.4) is 0 Å². The molecule has 5 N–H and O–H groups in total. The monoisotopic (exact) mass is 2800 g/mol. The van der Waals surface area contributed by atoms with Crippen LogP contribution in [0.25, 0.3) is 0 Å². The fourth-order valence-corrected chi connectivity index (χ4v) is 10.3. The molecule has 0 bridgehead atoms. The van der Waals surface area contributed by atoms with E-state index < -0.39 is 0 Å². The zero-order chi connectivity index (χ0) is 86.1. The molecule has 30 heteroatoms. The molecule has 0 saturated carbocycles. The number of amides is 12. The number of rotatable bonds is 16. The first-order chi connectivity index (χ1) is 52.2. The number of para-hydroxylation sites is 4. The van der Waals surface area contributed by atoms with Crippen molar-refractivity contribution in [3.63, 3.8) is 0 Å². The zero-order valence-corrected chi connectivity index (χ0v) is 93.1. The van der Waals surface area contributed by atoms with Crippen LogP contribution in [0.2, 0.25) is 0 Å². The molecule has 4 aromatic rings. The normalized spacial score (nSPS) is 12.2. The number of benzene rings is 4. The van der Waals surface area contributed by atoms with Gasteiger partial charge < -0.3 is 9.90 Å². The van der Waals surface area contributed by atoms with E-state index in [0.717, 1.165) is 43.8 Å². The molecule has 4 aromatic carbocycles. The topological polar surface area (TPSA) is 235 Å². The SMILES string of the molecule is C=CCC.CC.CC.CC.CC.CCC=O.CCCC.CCCC(I)(I)I.CCCC(I)I.CCCCC.CCCCI.CCCO.I[I-]I.O=C1CCN(c2ccccc2)C(=O)N1.O=C1CCN(c2ccccc2)C(=O)N1.O=C1CCN(c2ccccc2)C(=O)N1.O=C1CCN(c2ccccc2)C(=O)N1.[I][V][I]. The van der Waals surface area contributed by atoms with Gasteiger partial charge in [-0.3, -0.25) is 60.0 Å². The Morgan fingerprint density at radius 1 is 0.450 bits per heavy atom. The Labute approximate surface area is 801 Å². The molecule has 18 nitrogen and oxygen atoms in total. The molecule has 12 amide bonds. The first kappa shape index (κ1) is 130. The molecule has 0 spiro atoms. The Morgan fingerprint density at radius 3 is 0.752 bits per heavy atom. The Kier molecular flexibility index (Phi) is 125. The molecule has 0 aliphatic carbocycles. The number of allylic oxidation sites excluding steroid dienone is 1. The molecule has 4 aliphatic heterocycles. The number of nitrogens with one attached hydrogen (secondary N) is 4. The third-order valence-electron chi connectivity index (χ3n) is 11.9. The quantitative estimate of drug-likeness (QED) is 0.0308. The van der Waals surface area contributed by atoms with Crippen molar-refractivity contribution in [2.75, 3.05) is 56.8 Å². The second-order valence-electron chi connectivity index (χ2n) is 20.4. The van der Waals surface area contributed by atoms with Crippen LogP contribution in [-0.2, 0) is 33.4 Å². The van der Waals surface area contributed by atoms with Crippen molar-refractivity contribution in [1.82, 2.24) is 21.3 Å². The van der Waals surface area contributed by atoms with E-state index in [4.69, 9.17) is 5.11 Å². The van der Waals surface area contributed by atoms with Crippen molar-refractivity contribution in [3.05, 3.63) is 134 Å². The van der Waals surface area contributed by atoms with Gasteiger partial charge in [-0.15, -0.1) is 6.58 Å². The van der Waals surface area contributed by atoms with Gasteiger partial charge in [0.1, 0.15) is 5.72 Å². The summed E-state index contributed by atoms with van der Waals surface area (Å²) in [5.74, 6) is -0.825. The number of carbonyl (C=O) groups excluding carboxylic acids is 9. The molecule has 0 radical (unpaired) electrons. The number of anilines is 4. The predicted molar refractivity (Wildman–Crippen MR) is 549 cm³/mol. The molecule has 4 fully saturated rings. The summed E-state index contributed by atoms with van der Waals surface area (Å²) in [7, 11) is 0.628. The van der Waals surface area contributed by atoms with Gasteiger partial charge in [0.15, 0.2) is 0 Å². The second-order valence-corrected chi connectivity index (χ2v) is 66.6. The van der Waals surface area contributed by atoms with E-state index in [1.807, 2.05) is 197 Å². The van der Waals surface area contributed by atoms with Crippen molar-refractivity contribution in [2.45, 2.75) is 242 Å². The molecule has 0 atom stereocenters. The molecule has 4 aliphatic rings. The Morgan fingerprint density at radius 2 is 0.670 bits per heavy atom. The number of aldehydes is 1. The molecule has 8 rings (SSSR count). The van der Waals surface area contributed by atoms with Crippen molar-refractivity contribution < 1.29 is 71.0 Å². The standard InChI is InChI=1S/4C10H10N2O2.C5H12.C4H7I3.C4H8I2.C4H9I.C4H10.C4H8.C3H8O.C3H6O.4C2H6.I3.2HI.V/c4*13-9-6-7-12(10(14)11-9)8-4-2-1-3-5-8;1-3-5-4-2;1-2-3-4(5,6)7;1-2-3-4(5)6;1-2-3-4-5;2*1-3-4-2;2*1-2-3-4;4*1-2;1-3-2;;;/h4*1-5H,6-7H2,(H,11,13,14);3-5H2,1-2H3;2-3H2,1H3;4H,2-3H2,1H3;2-4H2,1H3;3-4H2,1-2H3;3H,1,4H2,2H3;4H,2-3H2,1H3;3H,2H2,1H3;4*1-2H3;;2*1H;/q;;;;;;;;;;;;;;;;-1;;;+2/p-2. The maximum absolute atomic E-state index is 11.4. The first-order valence-electron chi connectivity index (χ1n) is 37.2. The molecular weight excluding hydrogens is 2670 g/mol. The van der Waals surface area contributed by atoms with E-state index in [1.165, 1.54) is 75.1 Å². The molecule has 631 valence electrons. The van der Waals surface area contributed by atoms with Gasteiger partial charge in [0.2, 0.25) is 23.6 Å². The maximum atomic E-state index is 11.4. The van der Waals surface area contributed by atoms with Gasteiger partial charge in [0, 0.05) is 87.6 Å². The van der Waals surface area contributed by atoms with Crippen LogP contribution in [-0.4, -0.2) is 97.7 Å². The number of carbonyl (C=O) groups is 9. The van der Waals surface area contributed by atoms with E-state index in [1.54, 1.807) is 19.6 Å². The number of aliphatic hydroxyl groups excluding tert-OH is 1. The summed E-state index contributed by atoms with van der Waals surface area (Å²) < 4.78 is 2.61. The van der Waals surface area contributed by atoms with Crippen molar-refractivity contribution in [3.8, 4) is 0 Å². The molecular formula is C79H132I11N8O10V-. The molecule has 0 unspecified atom stereocenters.